The fourth-order valence-electron chi connectivity index (χ4n) is 3.01. The largest absolute Gasteiger partial charge is 0.411 e. The van der Waals surface area contributed by atoms with Crippen molar-refractivity contribution in [2.45, 2.75) is 32.2 Å². The highest BCUT2D eigenvalue weighted by Crippen LogP contribution is 2.43. The number of oxime groups is 1. The second kappa shape index (κ2) is 3.50. The predicted molar refractivity (Wildman–Crippen MR) is 58.7 cm³/mol. The maximum atomic E-state index is 9.05. The maximum absolute atomic E-state index is 9.05. The molecular weight excluding hydrogens is 206 g/mol. The second-order valence-electron chi connectivity index (χ2n) is 4.74. The van der Waals surface area contributed by atoms with Crippen LogP contribution in [0.3, 0.4) is 0 Å². The van der Waals surface area contributed by atoms with Gasteiger partial charge in [-0.15, -0.1) is 0 Å². The van der Waals surface area contributed by atoms with E-state index < -0.39 is 0 Å². The van der Waals surface area contributed by atoms with Gasteiger partial charge in [0.15, 0.2) is 5.82 Å². The molecule has 2 saturated carbocycles. The van der Waals surface area contributed by atoms with Crippen LogP contribution in [0, 0.1) is 18.8 Å². The average molecular weight is 221 g/mol. The molecule has 1 aromatic heterocycles. The Kier molecular flexibility index (Phi) is 2.12. The van der Waals surface area contributed by atoms with Gasteiger partial charge in [-0.2, -0.15) is 0 Å². The van der Waals surface area contributed by atoms with Crippen molar-refractivity contribution >= 4 is 11.5 Å². The quantitative estimate of drug-likeness (QED) is 0.592. The third-order valence-electron chi connectivity index (χ3n) is 3.73. The molecule has 2 fully saturated rings. The molecule has 0 radical (unpaired) electrons. The predicted octanol–water partition coefficient (Wildman–Crippen LogP) is 2.02. The standard InChI is InChI=1S/C11H15N3O2/c1-6-4-9(14-16-6)12-10-7-2-3-8(5-7)11(10)13-15/h4,7-8,10,15H,2-3,5H2,1H3,(H,12,14). The summed E-state index contributed by atoms with van der Waals surface area (Å²) in [4.78, 5) is 0. The SMILES string of the molecule is Cc1cc(NC2C(=NO)C3CCC2C3)no1. The highest BCUT2D eigenvalue weighted by Gasteiger charge is 2.45. The molecule has 0 saturated heterocycles. The number of nitrogens with zero attached hydrogens (tertiary/aromatic N) is 2. The lowest BCUT2D eigenvalue weighted by atomic mass is 9.93. The van der Waals surface area contributed by atoms with Crippen LogP contribution in [0.15, 0.2) is 15.7 Å². The Morgan fingerprint density at radius 2 is 2.44 bits per heavy atom. The fourth-order valence-corrected chi connectivity index (χ4v) is 3.01. The number of aryl methyl sites for hydroxylation is 1. The Morgan fingerprint density at radius 3 is 3.12 bits per heavy atom. The monoisotopic (exact) mass is 221 g/mol. The van der Waals surface area contributed by atoms with Crippen LogP contribution in [0.25, 0.3) is 0 Å². The first-order chi connectivity index (χ1) is 7.78. The van der Waals surface area contributed by atoms with Crippen LogP contribution < -0.4 is 5.32 Å². The van der Waals surface area contributed by atoms with Gasteiger partial charge in [0.25, 0.3) is 0 Å². The van der Waals surface area contributed by atoms with Crippen LogP contribution in [-0.4, -0.2) is 22.1 Å². The van der Waals surface area contributed by atoms with E-state index in [1.165, 1.54) is 6.42 Å². The molecule has 0 amide bonds. The molecule has 86 valence electrons. The lowest BCUT2D eigenvalue weighted by Gasteiger charge is -2.23. The molecule has 0 aliphatic heterocycles. The van der Waals surface area contributed by atoms with Crippen molar-refractivity contribution in [1.82, 2.24) is 5.16 Å². The summed E-state index contributed by atoms with van der Waals surface area (Å²) in [6.45, 7) is 1.86. The van der Waals surface area contributed by atoms with E-state index in [2.05, 4.69) is 15.6 Å². The van der Waals surface area contributed by atoms with Crippen molar-refractivity contribution in [3.05, 3.63) is 11.8 Å². The third-order valence-corrected chi connectivity index (χ3v) is 3.73. The van der Waals surface area contributed by atoms with Crippen LogP contribution in [0.4, 0.5) is 5.82 Å². The number of anilines is 1. The van der Waals surface area contributed by atoms with Crippen LogP contribution >= 0.6 is 0 Å². The Bertz CT molecular complexity index is 427. The number of hydrogen-bond acceptors (Lipinski definition) is 5. The molecule has 0 aromatic carbocycles. The Morgan fingerprint density at radius 1 is 1.56 bits per heavy atom. The van der Waals surface area contributed by atoms with Crippen LogP contribution in [0.2, 0.25) is 0 Å². The first kappa shape index (κ1) is 9.69. The molecule has 1 heterocycles. The van der Waals surface area contributed by atoms with Gasteiger partial charge >= 0.3 is 0 Å². The van der Waals surface area contributed by atoms with E-state index in [0.29, 0.717) is 11.8 Å². The molecule has 2 N–H and O–H groups in total. The Labute approximate surface area is 93.5 Å². The minimum atomic E-state index is 0.133. The fraction of sp³-hybridized carbons (Fsp3) is 0.636. The molecule has 3 atom stereocenters. The normalized spacial score (nSPS) is 34.8. The summed E-state index contributed by atoms with van der Waals surface area (Å²) in [5, 5.41) is 19.7. The molecule has 1 aromatic rings. The third kappa shape index (κ3) is 1.38. The van der Waals surface area contributed by atoms with Crippen molar-refractivity contribution < 1.29 is 9.73 Å². The number of nitrogens with one attached hydrogen (secondary N) is 1. The van der Waals surface area contributed by atoms with Crippen LogP contribution in [0.1, 0.15) is 25.0 Å². The minimum Gasteiger partial charge on any atom is -0.411 e. The summed E-state index contributed by atoms with van der Waals surface area (Å²) >= 11 is 0. The number of hydrogen-bond donors (Lipinski definition) is 2. The summed E-state index contributed by atoms with van der Waals surface area (Å²) in [5.41, 5.74) is 0.886. The first-order valence-corrected chi connectivity index (χ1v) is 5.69. The van der Waals surface area contributed by atoms with E-state index in [0.717, 1.165) is 30.1 Å². The van der Waals surface area contributed by atoms with Crippen molar-refractivity contribution in [3.8, 4) is 0 Å². The van der Waals surface area contributed by atoms with Gasteiger partial charge < -0.3 is 15.0 Å². The zero-order valence-electron chi connectivity index (χ0n) is 9.18. The minimum absolute atomic E-state index is 0.133. The van der Waals surface area contributed by atoms with Crippen LogP contribution in [0.5, 0.6) is 0 Å². The second-order valence-corrected chi connectivity index (χ2v) is 4.74. The summed E-state index contributed by atoms with van der Waals surface area (Å²) in [5.74, 6) is 2.55. The van der Waals surface area contributed by atoms with E-state index in [-0.39, 0.29) is 6.04 Å². The van der Waals surface area contributed by atoms with Crippen LogP contribution in [-0.2, 0) is 0 Å². The zero-order valence-corrected chi connectivity index (χ0v) is 9.18. The van der Waals surface area contributed by atoms with Gasteiger partial charge in [-0.3, -0.25) is 0 Å². The number of fused-ring (bicyclic) bond motifs is 2. The van der Waals surface area contributed by atoms with Gasteiger partial charge in [-0.05, 0) is 32.1 Å². The van der Waals surface area contributed by atoms with E-state index in [4.69, 9.17) is 9.73 Å². The highest BCUT2D eigenvalue weighted by atomic mass is 16.5. The molecule has 3 unspecified atom stereocenters. The molecule has 0 spiro atoms. The van der Waals surface area contributed by atoms with E-state index >= 15 is 0 Å². The molecule has 2 aliphatic carbocycles. The number of rotatable bonds is 2. The van der Waals surface area contributed by atoms with Gasteiger partial charge in [0.2, 0.25) is 0 Å². The molecule has 5 nitrogen and oxygen atoms in total. The summed E-state index contributed by atoms with van der Waals surface area (Å²) < 4.78 is 5.01. The Balaban J connectivity index is 1.80. The maximum Gasteiger partial charge on any atom is 0.170 e. The van der Waals surface area contributed by atoms with Gasteiger partial charge in [0.05, 0.1) is 11.8 Å². The first-order valence-electron chi connectivity index (χ1n) is 5.69. The van der Waals surface area contributed by atoms with E-state index in [1.807, 2.05) is 13.0 Å². The Hall–Kier alpha value is -1.52. The van der Waals surface area contributed by atoms with Crippen molar-refractivity contribution in [3.63, 3.8) is 0 Å². The van der Waals surface area contributed by atoms with Gasteiger partial charge in [-0.1, -0.05) is 10.3 Å². The molecule has 16 heavy (non-hydrogen) atoms. The van der Waals surface area contributed by atoms with Gasteiger partial charge in [-0.25, -0.2) is 0 Å². The summed E-state index contributed by atoms with van der Waals surface area (Å²) in [6.07, 6.45) is 3.49. The lowest BCUT2D eigenvalue weighted by molar-refractivity contribution is 0.312. The lowest BCUT2D eigenvalue weighted by Crippen LogP contribution is -2.35. The summed E-state index contributed by atoms with van der Waals surface area (Å²) in [7, 11) is 0. The van der Waals surface area contributed by atoms with Crippen molar-refractivity contribution in [2.24, 2.45) is 17.0 Å². The molecule has 3 rings (SSSR count). The van der Waals surface area contributed by atoms with Gasteiger partial charge in [0.1, 0.15) is 5.76 Å². The van der Waals surface area contributed by atoms with E-state index in [1.54, 1.807) is 0 Å². The van der Waals surface area contributed by atoms with Gasteiger partial charge in [0, 0.05) is 12.0 Å². The topological polar surface area (TPSA) is 70.7 Å². The molecule has 2 aliphatic rings. The van der Waals surface area contributed by atoms with Crippen molar-refractivity contribution in [1.29, 1.82) is 0 Å². The van der Waals surface area contributed by atoms with Crippen molar-refractivity contribution in [2.75, 3.05) is 5.32 Å². The molecular formula is C11H15N3O2. The summed E-state index contributed by atoms with van der Waals surface area (Å²) in [6, 6.07) is 1.99. The smallest absolute Gasteiger partial charge is 0.170 e. The number of aromatic nitrogens is 1. The molecule has 2 bridgehead atoms. The highest BCUT2D eigenvalue weighted by molar-refractivity contribution is 5.96. The van der Waals surface area contributed by atoms with E-state index in [9.17, 15) is 0 Å². The zero-order chi connectivity index (χ0) is 11.1. The average Bonchev–Trinajstić information content (AvgIpc) is 2.94. The molecule has 5 heteroatoms.